The molecule has 0 bridgehead atoms. The number of pyridine rings is 1. The van der Waals surface area contributed by atoms with Gasteiger partial charge in [0.1, 0.15) is 5.82 Å². The number of hydrogen-bond donors (Lipinski definition) is 3. The molecule has 0 aliphatic rings. The SMILES string of the molecule is CCCN(Cc1ccccc1)c1cc(NC(=O)Nc2ccc(C)cc2)cc(-c2cc(C)ccc2-c2noc(=O)[nH]2)n1. The molecule has 2 aromatic heterocycles. The van der Waals surface area contributed by atoms with Gasteiger partial charge in [-0.2, -0.15) is 0 Å². The monoisotopic (exact) mass is 548 g/mol. The first-order chi connectivity index (χ1) is 19.9. The maximum absolute atomic E-state index is 13.0. The molecule has 3 N–H and O–H groups in total. The minimum Gasteiger partial charge on any atom is -0.352 e. The van der Waals surface area contributed by atoms with Crippen LogP contribution in [0.5, 0.6) is 0 Å². The van der Waals surface area contributed by atoms with Gasteiger partial charge < -0.3 is 15.5 Å². The lowest BCUT2D eigenvalue weighted by Crippen LogP contribution is -2.25. The lowest BCUT2D eigenvalue weighted by atomic mass is 10.00. The summed E-state index contributed by atoms with van der Waals surface area (Å²) in [4.78, 5) is 34.7. The lowest BCUT2D eigenvalue weighted by Gasteiger charge is -2.25. The van der Waals surface area contributed by atoms with Crippen LogP contribution in [-0.2, 0) is 6.54 Å². The van der Waals surface area contributed by atoms with Crippen molar-refractivity contribution in [2.75, 3.05) is 22.1 Å². The fourth-order valence-corrected chi connectivity index (χ4v) is 4.59. The topological polar surface area (TPSA) is 116 Å². The van der Waals surface area contributed by atoms with E-state index in [0.717, 1.165) is 35.2 Å². The first kappa shape index (κ1) is 27.4. The second-order valence-electron chi connectivity index (χ2n) is 9.94. The zero-order valence-electron chi connectivity index (χ0n) is 23.3. The Balaban J connectivity index is 1.57. The largest absolute Gasteiger partial charge is 0.439 e. The number of benzene rings is 3. The first-order valence-electron chi connectivity index (χ1n) is 13.5. The number of aryl methyl sites for hydroxylation is 2. The molecular weight excluding hydrogens is 516 g/mol. The van der Waals surface area contributed by atoms with Crippen LogP contribution < -0.4 is 21.3 Å². The Labute approximate surface area is 238 Å². The Hall–Kier alpha value is -5.18. The molecule has 0 aliphatic carbocycles. The van der Waals surface area contributed by atoms with Crippen molar-refractivity contribution in [3.05, 3.63) is 112 Å². The van der Waals surface area contributed by atoms with E-state index in [1.165, 1.54) is 0 Å². The molecule has 2 heterocycles. The van der Waals surface area contributed by atoms with Crippen molar-refractivity contribution in [2.24, 2.45) is 0 Å². The van der Waals surface area contributed by atoms with Crippen LogP contribution in [-0.4, -0.2) is 27.7 Å². The molecule has 3 aromatic carbocycles. The third-order valence-electron chi connectivity index (χ3n) is 6.56. The van der Waals surface area contributed by atoms with Gasteiger partial charge in [0.15, 0.2) is 5.82 Å². The summed E-state index contributed by atoms with van der Waals surface area (Å²) < 4.78 is 4.79. The van der Waals surface area contributed by atoms with E-state index in [1.54, 1.807) is 0 Å². The minimum atomic E-state index is -0.639. The van der Waals surface area contributed by atoms with Gasteiger partial charge in [-0.05, 0) is 50.1 Å². The minimum absolute atomic E-state index is 0.304. The van der Waals surface area contributed by atoms with Crippen molar-refractivity contribution in [3.63, 3.8) is 0 Å². The quantitative estimate of drug-likeness (QED) is 0.187. The Morgan fingerprint density at radius 3 is 2.32 bits per heavy atom. The molecule has 0 radical (unpaired) electrons. The molecule has 9 nitrogen and oxygen atoms in total. The van der Waals surface area contributed by atoms with Crippen LogP contribution in [0.4, 0.5) is 22.0 Å². The van der Waals surface area contributed by atoms with E-state index in [-0.39, 0.29) is 6.03 Å². The highest BCUT2D eigenvalue weighted by Gasteiger charge is 2.18. The molecule has 0 spiro atoms. The van der Waals surface area contributed by atoms with Crippen LogP contribution in [0.25, 0.3) is 22.6 Å². The summed E-state index contributed by atoms with van der Waals surface area (Å²) in [5.74, 6) is 0.374. The third-order valence-corrected chi connectivity index (χ3v) is 6.56. The molecule has 0 unspecified atom stereocenters. The van der Waals surface area contributed by atoms with Crippen molar-refractivity contribution in [1.82, 2.24) is 15.1 Å². The van der Waals surface area contributed by atoms with Gasteiger partial charge in [-0.15, -0.1) is 0 Å². The summed E-state index contributed by atoms with van der Waals surface area (Å²) in [7, 11) is 0. The number of nitrogens with one attached hydrogen (secondary N) is 3. The van der Waals surface area contributed by atoms with E-state index >= 15 is 0 Å². The summed E-state index contributed by atoms with van der Waals surface area (Å²) in [6.07, 6.45) is 0.908. The number of urea groups is 1. The van der Waals surface area contributed by atoms with Crippen molar-refractivity contribution >= 4 is 23.2 Å². The van der Waals surface area contributed by atoms with E-state index < -0.39 is 5.76 Å². The summed E-state index contributed by atoms with van der Waals surface area (Å²) >= 11 is 0. The highest BCUT2D eigenvalue weighted by atomic mass is 16.5. The van der Waals surface area contributed by atoms with Gasteiger partial charge in [-0.3, -0.25) is 9.51 Å². The van der Waals surface area contributed by atoms with Crippen molar-refractivity contribution in [2.45, 2.75) is 33.7 Å². The Morgan fingerprint density at radius 1 is 0.878 bits per heavy atom. The van der Waals surface area contributed by atoms with Crippen molar-refractivity contribution in [1.29, 1.82) is 0 Å². The van der Waals surface area contributed by atoms with Gasteiger partial charge in [0.05, 0.1) is 5.69 Å². The maximum atomic E-state index is 13.0. The van der Waals surface area contributed by atoms with E-state index in [1.807, 2.05) is 86.6 Å². The van der Waals surface area contributed by atoms with E-state index in [9.17, 15) is 9.59 Å². The number of nitrogens with zero attached hydrogens (tertiary/aromatic N) is 3. The number of rotatable bonds is 9. The molecule has 2 amide bonds. The smallest absolute Gasteiger partial charge is 0.352 e. The van der Waals surface area contributed by atoms with Gasteiger partial charge in [0.2, 0.25) is 0 Å². The number of hydrogen-bond acceptors (Lipinski definition) is 6. The summed E-state index contributed by atoms with van der Waals surface area (Å²) in [5, 5.41) is 9.79. The van der Waals surface area contributed by atoms with Gasteiger partial charge >= 0.3 is 11.8 Å². The average molecular weight is 549 g/mol. The fourth-order valence-electron chi connectivity index (χ4n) is 4.59. The molecule has 0 atom stereocenters. The van der Waals surface area contributed by atoms with Crippen LogP contribution in [0, 0.1) is 13.8 Å². The van der Waals surface area contributed by atoms with Crippen LogP contribution in [0.15, 0.2) is 94.2 Å². The van der Waals surface area contributed by atoms with E-state index in [0.29, 0.717) is 40.8 Å². The number of carbonyl (C=O) groups is 1. The fraction of sp³-hybridized carbons (Fsp3) is 0.188. The molecule has 9 heteroatoms. The molecule has 0 saturated heterocycles. The lowest BCUT2D eigenvalue weighted by molar-refractivity contribution is 0.262. The van der Waals surface area contributed by atoms with Gasteiger partial charge in [-0.1, -0.05) is 77.8 Å². The first-order valence-corrected chi connectivity index (χ1v) is 13.5. The predicted molar refractivity (Wildman–Crippen MR) is 162 cm³/mol. The Kier molecular flexibility index (Phi) is 8.24. The molecular formula is C32H32N6O3. The maximum Gasteiger partial charge on any atom is 0.439 e. The third kappa shape index (κ3) is 6.88. The molecule has 5 aromatic rings. The van der Waals surface area contributed by atoms with Crippen LogP contribution in [0.3, 0.4) is 0 Å². The average Bonchev–Trinajstić information content (AvgIpc) is 3.40. The Morgan fingerprint density at radius 2 is 1.61 bits per heavy atom. The summed E-state index contributed by atoms with van der Waals surface area (Å²) in [6.45, 7) is 7.51. The molecule has 41 heavy (non-hydrogen) atoms. The summed E-state index contributed by atoms with van der Waals surface area (Å²) in [5.41, 5.74) is 6.54. The number of anilines is 3. The van der Waals surface area contributed by atoms with Gasteiger partial charge in [0.25, 0.3) is 0 Å². The van der Waals surface area contributed by atoms with E-state index in [2.05, 4.69) is 44.7 Å². The second-order valence-corrected chi connectivity index (χ2v) is 9.94. The van der Waals surface area contributed by atoms with Gasteiger partial charge in [-0.25, -0.2) is 14.6 Å². The molecule has 0 saturated carbocycles. The number of amides is 2. The van der Waals surface area contributed by atoms with Crippen molar-refractivity contribution in [3.8, 4) is 22.6 Å². The van der Waals surface area contributed by atoms with E-state index in [4.69, 9.17) is 9.51 Å². The molecule has 5 rings (SSSR count). The zero-order valence-corrected chi connectivity index (χ0v) is 23.3. The zero-order chi connectivity index (χ0) is 28.8. The number of aromatic nitrogens is 3. The van der Waals surface area contributed by atoms with Gasteiger partial charge in [0, 0.05) is 41.7 Å². The number of H-pyrrole nitrogens is 1. The number of aromatic amines is 1. The molecule has 208 valence electrons. The predicted octanol–water partition coefficient (Wildman–Crippen LogP) is 6.77. The second kappa shape index (κ2) is 12.3. The Bertz CT molecular complexity index is 1690. The molecule has 0 fully saturated rings. The van der Waals surface area contributed by atoms with Crippen LogP contribution in [0.1, 0.15) is 30.0 Å². The molecule has 0 aliphatic heterocycles. The van der Waals surface area contributed by atoms with Crippen LogP contribution in [0.2, 0.25) is 0 Å². The highest BCUT2D eigenvalue weighted by Crippen LogP contribution is 2.33. The normalized spacial score (nSPS) is 10.8. The highest BCUT2D eigenvalue weighted by molar-refractivity contribution is 6.00. The van der Waals surface area contributed by atoms with Crippen molar-refractivity contribution < 1.29 is 9.32 Å². The summed E-state index contributed by atoms with van der Waals surface area (Å²) in [6, 6.07) is 26.9. The number of carbonyl (C=O) groups excluding carboxylic acids is 1. The van der Waals surface area contributed by atoms with Crippen LogP contribution >= 0.6 is 0 Å². The standard InChI is InChI=1S/C32H32N6O3/c1-4-16-38(20-23-8-6-5-7-9-23)29-19-25(34-31(39)33-24-13-10-21(2)11-14-24)18-28(35-29)27-17-22(3)12-15-26(27)30-36-32(40)41-37-30/h5-15,17-19H,4,16,20H2,1-3H3,(H,36,37,40)(H2,33,34,35,39).